The van der Waals surface area contributed by atoms with Gasteiger partial charge in [0.05, 0.1) is 17.7 Å². The van der Waals surface area contributed by atoms with Gasteiger partial charge in [-0.25, -0.2) is 8.78 Å². The number of β-amino-alcohol motifs (C(OH)–C–C–N with tert-alkyl or cyclic N) is 1. The highest BCUT2D eigenvalue weighted by atomic mass is 19.2. The zero-order chi connectivity index (χ0) is 17.4. The number of aliphatic hydroxyl groups is 1. The van der Waals surface area contributed by atoms with Crippen LogP contribution in [0, 0.1) is 29.9 Å². The minimum absolute atomic E-state index is 0.0139. The van der Waals surface area contributed by atoms with Gasteiger partial charge in [-0.05, 0) is 31.0 Å². The van der Waals surface area contributed by atoms with Gasteiger partial charge in [-0.1, -0.05) is 6.07 Å². The molecule has 5 nitrogen and oxygen atoms in total. The molecule has 1 amide bonds. The van der Waals surface area contributed by atoms with Gasteiger partial charge in [-0.15, -0.1) is 0 Å². The topological polar surface area (TPSA) is 77.5 Å². The largest absolute Gasteiger partial charge is 0.450 e. The molecule has 1 aromatic heterocycles. The van der Waals surface area contributed by atoms with Crippen molar-refractivity contribution in [3.63, 3.8) is 0 Å². The summed E-state index contributed by atoms with van der Waals surface area (Å²) in [4.78, 5) is 14.1. The van der Waals surface area contributed by atoms with E-state index in [0.29, 0.717) is 11.3 Å². The molecule has 0 unspecified atom stereocenters. The highest BCUT2D eigenvalue weighted by Crippen LogP contribution is 2.34. The van der Waals surface area contributed by atoms with E-state index in [4.69, 9.17) is 9.68 Å². The van der Waals surface area contributed by atoms with E-state index in [1.807, 2.05) is 6.07 Å². The molecule has 2 atom stereocenters. The lowest BCUT2D eigenvalue weighted by Crippen LogP contribution is -2.32. The molecule has 7 heteroatoms. The molecule has 0 spiro atoms. The van der Waals surface area contributed by atoms with Crippen LogP contribution < -0.4 is 0 Å². The smallest absolute Gasteiger partial charge is 0.258 e. The van der Waals surface area contributed by atoms with Crippen molar-refractivity contribution in [2.24, 2.45) is 0 Å². The Morgan fingerprint density at radius 3 is 2.75 bits per heavy atom. The van der Waals surface area contributed by atoms with Gasteiger partial charge in [0, 0.05) is 12.6 Å². The molecule has 1 aromatic carbocycles. The van der Waals surface area contributed by atoms with Crippen molar-refractivity contribution in [2.75, 3.05) is 6.54 Å². The van der Waals surface area contributed by atoms with Crippen LogP contribution in [0.4, 0.5) is 8.78 Å². The van der Waals surface area contributed by atoms with Crippen LogP contribution in [0.2, 0.25) is 0 Å². The summed E-state index contributed by atoms with van der Waals surface area (Å²) >= 11 is 0. The first kappa shape index (κ1) is 16.1. The molecule has 0 aliphatic carbocycles. The Balaban J connectivity index is 1.95. The van der Waals surface area contributed by atoms with E-state index in [9.17, 15) is 18.7 Å². The van der Waals surface area contributed by atoms with Crippen LogP contribution in [0.5, 0.6) is 0 Å². The Hall–Kier alpha value is -2.72. The standard InChI is InChI=1S/C17H14F2N2O3/c1-9-13(6-12(7-20)24-9)17(23)21-8-11(22)5-16(21)10-2-3-14(18)15(19)4-10/h2-4,6,11,16,22H,5,8H2,1H3/t11-,16-/m0/s1. The summed E-state index contributed by atoms with van der Waals surface area (Å²) in [6.07, 6.45) is -0.548. The molecule has 1 fully saturated rings. The number of aryl methyl sites for hydroxylation is 1. The van der Waals surface area contributed by atoms with Gasteiger partial charge in [0.2, 0.25) is 5.76 Å². The predicted octanol–water partition coefficient (Wildman–Crippen LogP) is 2.69. The fraction of sp³-hybridized carbons (Fsp3) is 0.294. The third-order valence-corrected chi connectivity index (χ3v) is 4.13. The second-order valence-electron chi connectivity index (χ2n) is 5.73. The number of carbonyl (C=O) groups excluding carboxylic acids is 1. The number of halogens is 2. The Morgan fingerprint density at radius 1 is 1.38 bits per heavy atom. The molecule has 1 aliphatic heterocycles. The van der Waals surface area contributed by atoms with E-state index in [1.54, 1.807) is 6.92 Å². The first-order chi connectivity index (χ1) is 11.4. The van der Waals surface area contributed by atoms with Gasteiger partial charge in [0.15, 0.2) is 11.6 Å². The molecule has 2 heterocycles. The van der Waals surface area contributed by atoms with Crippen LogP contribution in [0.15, 0.2) is 28.7 Å². The second kappa shape index (κ2) is 6.06. The molecule has 124 valence electrons. The van der Waals surface area contributed by atoms with E-state index < -0.39 is 29.7 Å². The van der Waals surface area contributed by atoms with Gasteiger partial charge in [0.1, 0.15) is 11.8 Å². The van der Waals surface area contributed by atoms with Crippen molar-refractivity contribution in [3.05, 3.63) is 58.5 Å². The number of nitriles is 1. The second-order valence-corrected chi connectivity index (χ2v) is 5.73. The fourth-order valence-electron chi connectivity index (χ4n) is 2.98. The number of likely N-dealkylation sites (tertiary alicyclic amines) is 1. The van der Waals surface area contributed by atoms with Crippen molar-refractivity contribution < 1.29 is 23.1 Å². The van der Waals surface area contributed by atoms with Gasteiger partial charge in [-0.3, -0.25) is 4.79 Å². The lowest BCUT2D eigenvalue weighted by atomic mass is 10.0. The average Bonchev–Trinajstić information content (AvgIpc) is 3.12. The number of furan rings is 1. The Bertz CT molecular complexity index is 841. The van der Waals surface area contributed by atoms with E-state index in [0.717, 1.165) is 12.1 Å². The minimum Gasteiger partial charge on any atom is -0.450 e. The average molecular weight is 332 g/mol. The molecule has 2 aromatic rings. The summed E-state index contributed by atoms with van der Waals surface area (Å²) in [5.74, 6) is -2.10. The lowest BCUT2D eigenvalue weighted by molar-refractivity contribution is 0.0713. The number of rotatable bonds is 2. The van der Waals surface area contributed by atoms with Crippen LogP contribution in [0.25, 0.3) is 0 Å². The number of benzene rings is 1. The number of hydrogen-bond acceptors (Lipinski definition) is 4. The van der Waals surface area contributed by atoms with Crippen LogP contribution >= 0.6 is 0 Å². The first-order valence-corrected chi connectivity index (χ1v) is 7.35. The molecular weight excluding hydrogens is 318 g/mol. The number of hydrogen-bond donors (Lipinski definition) is 1. The van der Waals surface area contributed by atoms with Crippen molar-refractivity contribution in [3.8, 4) is 6.07 Å². The number of carbonyl (C=O) groups is 1. The van der Waals surface area contributed by atoms with Crippen LogP contribution in [-0.2, 0) is 0 Å². The zero-order valence-electron chi connectivity index (χ0n) is 12.8. The van der Waals surface area contributed by atoms with Crippen molar-refractivity contribution in [2.45, 2.75) is 25.5 Å². The summed E-state index contributed by atoms with van der Waals surface area (Å²) in [5.41, 5.74) is 0.619. The summed E-state index contributed by atoms with van der Waals surface area (Å²) < 4.78 is 31.8. The SMILES string of the molecule is Cc1oc(C#N)cc1C(=O)N1C[C@@H](O)C[C@H]1c1ccc(F)c(F)c1. The molecular formula is C17H14F2N2O3. The Morgan fingerprint density at radius 2 is 2.12 bits per heavy atom. The summed E-state index contributed by atoms with van der Waals surface area (Å²) in [7, 11) is 0. The molecule has 1 aliphatic rings. The van der Waals surface area contributed by atoms with Gasteiger partial charge in [0.25, 0.3) is 5.91 Å². The van der Waals surface area contributed by atoms with Crippen molar-refractivity contribution in [1.29, 1.82) is 5.26 Å². The zero-order valence-corrected chi connectivity index (χ0v) is 12.8. The molecule has 0 radical (unpaired) electrons. The molecule has 1 N–H and O–H groups in total. The number of aliphatic hydroxyl groups excluding tert-OH is 1. The van der Waals surface area contributed by atoms with Crippen LogP contribution in [-0.4, -0.2) is 28.6 Å². The highest BCUT2D eigenvalue weighted by Gasteiger charge is 2.37. The van der Waals surface area contributed by atoms with Crippen molar-refractivity contribution >= 4 is 5.91 Å². The summed E-state index contributed by atoms with van der Waals surface area (Å²) in [5, 5.41) is 18.8. The van der Waals surface area contributed by atoms with E-state index >= 15 is 0 Å². The lowest BCUT2D eigenvalue weighted by Gasteiger charge is -2.24. The maximum Gasteiger partial charge on any atom is 0.258 e. The quantitative estimate of drug-likeness (QED) is 0.917. The monoisotopic (exact) mass is 332 g/mol. The molecule has 0 saturated carbocycles. The predicted molar refractivity (Wildman–Crippen MR) is 78.9 cm³/mol. The van der Waals surface area contributed by atoms with Gasteiger partial charge in [-0.2, -0.15) is 5.26 Å². The van der Waals surface area contributed by atoms with Crippen LogP contribution in [0.1, 0.15) is 39.9 Å². The Kier molecular flexibility index (Phi) is 4.08. The van der Waals surface area contributed by atoms with Gasteiger partial charge >= 0.3 is 0 Å². The van der Waals surface area contributed by atoms with E-state index in [1.165, 1.54) is 17.0 Å². The molecule has 1 saturated heterocycles. The Labute approximate surface area is 136 Å². The van der Waals surface area contributed by atoms with Crippen LogP contribution in [0.3, 0.4) is 0 Å². The summed E-state index contributed by atoms with van der Waals surface area (Å²) in [6.45, 7) is 1.63. The van der Waals surface area contributed by atoms with Gasteiger partial charge < -0.3 is 14.4 Å². The third-order valence-electron chi connectivity index (χ3n) is 4.13. The third kappa shape index (κ3) is 2.76. The van der Waals surface area contributed by atoms with E-state index in [-0.39, 0.29) is 24.3 Å². The minimum atomic E-state index is -1.01. The molecule has 0 bridgehead atoms. The maximum absolute atomic E-state index is 13.5. The number of nitrogens with zero attached hydrogens (tertiary/aromatic N) is 2. The first-order valence-electron chi connectivity index (χ1n) is 7.35. The van der Waals surface area contributed by atoms with Crippen molar-refractivity contribution in [1.82, 2.24) is 4.90 Å². The fourth-order valence-corrected chi connectivity index (χ4v) is 2.98. The van der Waals surface area contributed by atoms with E-state index in [2.05, 4.69) is 0 Å². The number of amides is 1. The normalized spacial score (nSPS) is 20.2. The highest BCUT2D eigenvalue weighted by molar-refractivity contribution is 5.96. The maximum atomic E-state index is 13.5. The molecule has 24 heavy (non-hydrogen) atoms. The summed E-state index contributed by atoms with van der Waals surface area (Å²) in [6, 6.07) is 6.00. The molecule has 3 rings (SSSR count).